The average molecular weight is 693 g/mol. The molecule has 1 atom stereocenters. The van der Waals surface area contributed by atoms with E-state index in [0.29, 0.717) is 85.9 Å². The van der Waals surface area contributed by atoms with Gasteiger partial charge in [0.2, 0.25) is 5.78 Å². The van der Waals surface area contributed by atoms with Crippen LogP contribution in [0.15, 0.2) is 54.7 Å². The number of rotatable bonds is 11. The largest absolute Gasteiger partial charge is 0.493 e. The van der Waals surface area contributed by atoms with E-state index < -0.39 is 0 Å². The summed E-state index contributed by atoms with van der Waals surface area (Å²) in [6.45, 7) is 0.855. The Bertz CT molecular complexity index is 2180. The van der Waals surface area contributed by atoms with Crippen LogP contribution < -0.4 is 37.9 Å². The van der Waals surface area contributed by atoms with Crippen molar-refractivity contribution >= 4 is 16.6 Å². The van der Waals surface area contributed by atoms with E-state index in [1.54, 1.807) is 74.2 Å². The zero-order chi connectivity index (χ0) is 36.0. The number of pyridine rings is 1. The standard InChI is InChI=1S/C40H40N2O9/c1-42-12-10-21-14-29(44-2)31(46-4)17-24(21)27(42)13-23-16-30(45-3)33(48-6)20-28(23)51-34-19-26-25(18-32(34)47-5)37-36-22(9-11-41-38(36)39(26)43)15-35(49-7)40(37)50-8/h9,11,14-20,27H,10,12-13H2,1-8H3. The van der Waals surface area contributed by atoms with E-state index in [-0.39, 0.29) is 11.8 Å². The summed E-state index contributed by atoms with van der Waals surface area (Å²) in [4.78, 5) is 20.9. The lowest BCUT2D eigenvalue weighted by Crippen LogP contribution is -2.33. The lowest BCUT2D eigenvalue weighted by molar-refractivity contribution is 0.103. The molecule has 0 fully saturated rings. The molecule has 1 unspecified atom stereocenters. The number of hydrogen-bond donors (Lipinski definition) is 0. The van der Waals surface area contributed by atoms with Gasteiger partial charge in [0.1, 0.15) is 11.4 Å². The number of nitrogens with zero attached hydrogens (tertiary/aromatic N) is 2. The zero-order valence-electron chi connectivity index (χ0n) is 30.0. The van der Waals surface area contributed by atoms with E-state index >= 15 is 0 Å². The van der Waals surface area contributed by atoms with Crippen molar-refractivity contribution in [2.75, 3.05) is 63.4 Å². The maximum Gasteiger partial charge on any atom is 0.212 e. The van der Waals surface area contributed by atoms with Crippen molar-refractivity contribution in [1.82, 2.24) is 9.88 Å². The van der Waals surface area contributed by atoms with Crippen molar-refractivity contribution in [3.63, 3.8) is 0 Å². The van der Waals surface area contributed by atoms with Gasteiger partial charge in [-0.3, -0.25) is 14.7 Å². The summed E-state index contributed by atoms with van der Waals surface area (Å²) in [5, 5.41) is 1.50. The van der Waals surface area contributed by atoms with Crippen molar-refractivity contribution in [3.8, 4) is 62.9 Å². The summed E-state index contributed by atoms with van der Waals surface area (Å²) >= 11 is 0. The minimum absolute atomic E-state index is 0.0217. The van der Waals surface area contributed by atoms with Gasteiger partial charge < -0.3 is 37.9 Å². The van der Waals surface area contributed by atoms with Gasteiger partial charge in [-0.05, 0) is 78.9 Å². The number of hydrogen-bond acceptors (Lipinski definition) is 11. The van der Waals surface area contributed by atoms with Crippen LogP contribution in [0.25, 0.3) is 21.9 Å². The number of likely N-dealkylation sites (N-methyl/N-ethyl adjacent to an activating group) is 1. The van der Waals surface area contributed by atoms with Crippen molar-refractivity contribution in [1.29, 1.82) is 0 Å². The number of carbonyl (C=O) groups is 1. The molecule has 0 saturated carbocycles. The van der Waals surface area contributed by atoms with Crippen molar-refractivity contribution in [3.05, 3.63) is 82.7 Å². The summed E-state index contributed by atoms with van der Waals surface area (Å²) in [7, 11) is 13.3. The van der Waals surface area contributed by atoms with Crippen LogP contribution >= 0.6 is 0 Å². The Balaban J connectivity index is 1.36. The van der Waals surface area contributed by atoms with E-state index in [2.05, 4.69) is 29.1 Å². The molecule has 4 aromatic carbocycles. The SMILES string of the molecule is COc1cc(CC2c3cc(OC)c(OC)cc3CCN2C)c(Oc2cc3c(cc2OC)-c2c(OC)c(OC)cc4ccnc(c24)C3=O)cc1OC. The minimum Gasteiger partial charge on any atom is -0.493 e. The van der Waals surface area contributed by atoms with E-state index in [1.165, 1.54) is 5.56 Å². The number of carbonyl (C=O) groups excluding carboxylic acids is 1. The summed E-state index contributed by atoms with van der Waals surface area (Å²) in [6.07, 6.45) is 3.07. The van der Waals surface area contributed by atoms with Crippen LogP contribution in [-0.2, 0) is 12.8 Å². The molecular formula is C40H40N2O9. The quantitative estimate of drug-likeness (QED) is 0.139. The lowest BCUT2D eigenvalue weighted by Gasteiger charge is -2.35. The second-order valence-electron chi connectivity index (χ2n) is 12.4. The van der Waals surface area contributed by atoms with Crippen LogP contribution in [-0.4, -0.2) is 79.0 Å². The fraction of sp³-hybridized carbons (Fsp3) is 0.300. The number of methoxy groups -OCH3 is 7. The van der Waals surface area contributed by atoms with Crippen LogP contribution in [0.5, 0.6) is 51.7 Å². The number of ether oxygens (including phenoxy) is 8. The third-order valence-corrected chi connectivity index (χ3v) is 9.90. The molecule has 0 amide bonds. The van der Waals surface area contributed by atoms with Gasteiger partial charge in [-0.15, -0.1) is 0 Å². The Labute approximate surface area is 296 Å². The predicted octanol–water partition coefficient (Wildman–Crippen LogP) is 7.07. The molecule has 264 valence electrons. The molecule has 51 heavy (non-hydrogen) atoms. The smallest absolute Gasteiger partial charge is 0.212 e. The summed E-state index contributed by atoms with van der Waals surface area (Å²) in [6, 6.07) is 15.1. The Morgan fingerprint density at radius 3 is 2.00 bits per heavy atom. The highest BCUT2D eigenvalue weighted by atomic mass is 16.5. The molecule has 1 aliphatic carbocycles. The highest BCUT2D eigenvalue weighted by Crippen LogP contribution is 2.52. The van der Waals surface area contributed by atoms with Gasteiger partial charge >= 0.3 is 0 Å². The topological polar surface area (TPSA) is 107 Å². The monoisotopic (exact) mass is 692 g/mol. The van der Waals surface area contributed by atoms with Crippen LogP contribution in [0.1, 0.15) is 38.8 Å². The number of ketones is 1. The molecule has 0 N–H and O–H groups in total. The Morgan fingerprint density at radius 2 is 1.31 bits per heavy atom. The Hall–Kier alpha value is -5.68. The fourth-order valence-corrected chi connectivity index (χ4v) is 7.31. The molecule has 0 radical (unpaired) electrons. The normalized spacial score (nSPS) is 14.7. The first-order valence-electron chi connectivity index (χ1n) is 16.5. The van der Waals surface area contributed by atoms with Gasteiger partial charge in [0.05, 0.1) is 49.8 Å². The Kier molecular flexibility index (Phi) is 8.99. The summed E-state index contributed by atoms with van der Waals surface area (Å²) in [5.74, 6) is 4.52. The fourth-order valence-electron chi connectivity index (χ4n) is 7.31. The van der Waals surface area contributed by atoms with Gasteiger partial charge in [0.15, 0.2) is 46.0 Å². The molecule has 1 aliphatic heterocycles. The molecule has 1 aromatic heterocycles. The number of fused-ring (bicyclic) bond motifs is 3. The molecule has 0 spiro atoms. The third-order valence-electron chi connectivity index (χ3n) is 9.90. The van der Waals surface area contributed by atoms with Crippen molar-refractivity contribution < 1.29 is 42.7 Å². The maximum atomic E-state index is 14.1. The van der Waals surface area contributed by atoms with E-state index in [9.17, 15) is 4.79 Å². The third kappa shape index (κ3) is 5.58. The van der Waals surface area contributed by atoms with Crippen LogP contribution in [0.4, 0.5) is 0 Å². The van der Waals surface area contributed by atoms with Gasteiger partial charge in [-0.25, -0.2) is 0 Å². The average Bonchev–Trinajstić information content (AvgIpc) is 3.16. The minimum atomic E-state index is -0.236. The van der Waals surface area contributed by atoms with Crippen LogP contribution in [0.3, 0.4) is 0 Å². The van der Waals surface area contributed by atoms with Crippen molar-refractivity contribution in [2.45, 2.75) is 18.9 Å². The van der Waals surface area contributed by atoms with E-state index in [0.717, 1.165) is 29.5 Å². The molecule has 7 rings (SSSR count). The molecule has 2 aliphatic rings. The first-order chi connectivity index (χ1) is 24.8. The van der Waals surface area contributed by atoms with Gasteiger partial charge in [0.25, 0.3) is 0 Å². The number of aromatic nitrogens is 1. The molecule has 11 heteroatoms. The maximum absolute atomic E-state index is 14.1. The lowest BCUT2D eigenvalue weighted by atomic mass is 9.84. The molecular weight excluding hydrogens is 652 g/mol. The summed E-state index contributed by atoms with van der Waals surface area (Å²) < 4.78 is 47.0. The highest BCUT2D eigenvalue weighted by Gasteiger charge is 2.34. The van der Waals surface area contributed by atoms with Crippen molar-refractivity contribution in [2.24, 2.45) is 0 Å². The van der Waals surface area contributed by atoms with E-state index in [4.69, 9.17) is 37.9 Å². The first kappa shape index (κ1) is 33.8. The predicted molar refractivity (Wildman–Crippen MR) is 192 cm³/mol. The van der Waals surface area contributed by atoms with Crippen LogP contribution in [0.2, 0.25) is 0 Å². The van der Waals surface area contributed by atoms with Gasteiger partial charge in [0, 0.05) is 52.5 Å². The molecule has 11 nitrogen and oxygen atoms in total. The molecule has 0 bridgehead atoms. The van der Waals surface area contributed by atoms with Gasteiger partial charge in [-0.2, -0.15) is 0 Å². The zero-order valence-corrected chi connectivity index (χ0v) is 30.0. The van der Waals surface area contributed by atoms with Crippen LogP contribution in [0, 0.1) is 0 Å². The van der Waals surface area contributed by atoms with Gasteiger partial charge in [-0.1, -0.05) is 0 Å². The van der Waals surface area contributed by atoms with E-state index in [1.807, 2.05) is 18.2 Å². The second-order valence-corrected chi connectivity index (χ2v) is 12.4. The summed E-state index contributed by atoms with van der Waals surface area (Å²) in [5.41, 5.74) is 5.25. The Morgan fingerprint density at radius 1 is 0.686 bits per heavy atom. The molecule has 5 aromatic rings. The number of benzene rings is 4. The molecule has 2 heterocycles. The first-order valence-corrected chi connectivity index (χ1v) is 16.5. The second kappa shape index (κ2) is 13.6. The highest BCUT2D eigenvalue weighted by molar-refractivity contribution is 6.26. The molecule has 0 saturated heterocycles.